The molecule has 0 fully saturated rings. The van der Waals surface area contributed by atoms with Crippen molar-refractivity contribution < 1.29 is 9.59 Å². The molecule has 1 aliphatic rings. The minimum absolute atomic E-state index is 0.199. The minimum atomic E-state index is -0.335. The molecule has 0 unspecified atom stereocenters. The predicted octanol–water partition coefficient (Wildman–Crippen LogP) is 2.65. The number of anilines is 2. The van der Waals surface area contributed by atoms with E-state index in [0.717, 1.165) is 10.5 Å². The first-order valence-corrected chi connectivity index (χ1v) is 6.46. The van der Waals surface area contributed by atoms with E-state index in [1.165, 1.54) is 6.07 Å². The van der Waals surface area contributed by atoms with Crippen LogP contribution in [0.3, 0.4) is 0 Å². The van der Waals surface area contributed by atoms with E-state index in [1.54, 1.807) is 30.3 Å². The van der Waals surface area contributed by atoms with Gasteiger partial charge >= 0.3 is 0 Å². The fourth-order valence-corrected chi connectivity index (χ4v) is 2.41. The lowest BCUT2D eigenvalue weighted by atomic mass is 9.98. The van der Waals surface area contributed by atoms with Gasteiger partial charge in [0, 0.05) is 5.56 Å². The van der Waals surface area contributed by atoms with E-state index in [9.17, 15) is 9.59 Å². The van der Waals surface area contributed by atoms with Gasteiger partial charge in [-0.3, -0.25) is 9.59 Å². The molecule has 5 heteroatoms. The first-order chi connectivity index (χ1) is 9.58. The van der Waals surface area contributed by atoms with E-state index in [2.05, 4.69) is 0 Å². The molecule has 4 nitrogen and oxygen atoms in total. The first-order valence-electron chi connectivity index (χ1n) is 6.08. The molecule has 100 valence electrons. The summed E-state index contributed by atoms with van der Waals surface area (Å²) in [6.07, 6.45) is 0.199. The largest absolute Gasteiger partial charge is 0.397 e. The molecule has 0 saturated carbocycles. The van der Waals surface area contributed by atoms with Crippen LogP contribution in [0.5, 0.6) is 0 Å². The van der Waals surface area contributed by atoms with E-state index >= 15 is 0 Å². The Bertz CT molecular complexity index is 728. The maximum atomic E-state index is 12.5. The van der Waals surface area contributed by atoms with Gasteiger partial charge in [0.25, 0.3) is 5.91 Å². The second-order valence-corrected chi connectivity index (χ2v) is 4.98. The molecule has 2 amide bonds. The third-order valence-electron chi connectivity index (χ3n) is 3.28. The minimum Gasteiger partial charge on any atom is -0.397 e. The van der Waals surface area contributed by atoms with Gasteiger partial charge in [0.2, 0.25) is 5.91 Å². The highest BCUT2D eigenvalue weighted by atomic mass is 35.5. The Morgan fingerprint density at radius 1 is 1.10 bits per heavy atom. The number of amides is 2. The number of nitrogen functional groups attached to an aromatic ring is 1. The molecule has 0 aromatic heterocycles. The smallest absolute Gasteiger partial charge is 0.265 e. The summed E-state index contributed by atoms with van der Waals surface area (Å²) in [5.41, 5.74) is 7.80. The van der Waals surface area contributed by atoms with E-state index in [-0.39, 0.29) is 18.2 Å². The molecular weight excluding hydrogens is 276 g/mol. The quantitative estimate of drug-likeness (QED) is 0.647. The molecule has 0 radical (unpaired) electrons. The Hall–Kier alpha value is -2.33. The monoisotopic (exact) mass is 286 g/mol. The van der Waals surface area contributed by atoms with E-state index < -0.39 is 0 Å². The van der Waals surface area contributed by atoms with Gasteiger partial charge < -0.3 is 5.73 Å². The summed E-state index contributed by atoms with van der Waals surface area (Å²) in [6.45, 7) is 0. The molecule has 0 saturated heterocycles. The van der Waals surface area contributed by atoms with Crippen molar-refractivity contribution in [2.24, 2.45) is 0 Å². The zero-order valence-electron chi connectivity index (χ0n) is 10.5. The van der Waals surface area contributed by atoms with Gasteiger partial charge in [0.1, 0.15) is 0 Å². The van der Waals surface area contributed by atoms with Crippen molar-refractivity contribution in [2.75, 3.05) is 10.6 Å². The second-order valence-electron chi connectivity index (χ2n) is 4.57. The summed E-state index contributed by atoms with van der Waals surface area (Å²) in [5, 5.41) is 0.394. The average molecular weight is 287 g/mol. The number of nitrogens with two attached hydrogens (primary N) is 1. The molecular formula is C15H11ClN2O2. The van der Waals surface area contributed by atoms with Crippen molar-refractivity contribution in [2.45, 2.75) is 6.42 Å². The van der Waals surface area contributed by atoms with Crippen molar-refractivity contribution in [1.82, 2.24) is 0 Å². The van der Waals surface area contributed by atoms with Crippen molar-refractivity contribution in [3.8, 4) is 0 Å². The molecule has 2 aromatic carbocycles. The SMILES string of the molecule is Nc1cc(N2C(=O)Cc3ccccc3C2=O)ccc1Cl. The summed E-state index contributed by atoms with van der Waals surface area (Å²) in [4.78, 5) is 25.8. The van der Waals surface area contributed by atoms with Crippen molar-refractivity contribution in [3.63, 3.8) is 0 Å². The molecule has 1 aliphatic heterocycles. The van der Waals surface area contributed by atoms with Gasteiger partial charge in [-0.25, -0.2) is 4.90 Å². The van der Waals surface area contributed by atoms with Crippen LogP contribution >= 0.6 is 11.6 Å². The lowest BCUT2D eigenvalue weighted by Gasteiger charge is -2.27. The Balaban J connectivity index is 2.08. The average Bonchev–Trinajstić information content (AvgIpc) is 2.43. The number of hydrogen-bond donors (Lipinski definition) is 1. The highest BCUT2D eigenvalue weighted by Crippen LogP contribution is 2.29. The highest BCUT2D eigenvalue weighted by Gasteiger charge is 2.31. The van der Waals surface area contributed by atoms with Gasteiger partial charge in [0.15, 0.2) is 0 Å². The second kappa shape index (κ2) is 4.65. The van der Waals surface area contributed by atoms with Crippen molar-refractivity contribution in [3.05, 3.63) is 58.6 Å². The third kappa shape index (κ3) is 1.94. The number of imide groups is 1. The fourth-order valence-electron chi connectivity index (χ4n) is 2.29. The Kier molecular flexibility index (Phi) is 2.95. The van der Waals surface area contributed by atoms with Crippen LogP contribution in [0.4, 0.5) is 11.4 Å². The number of halogens is 1. The lowest BCUT2D eigenvalue weighted by molar-refractivity contribution is -0.117. The van der Waals surface area contributed by atoms with Gasteiger partial charge in [-0.2, -0.15) is 0 Å². The van der Waals surface area contributed by atoms with Crippen molar-refractivity contribution in [1.29, 1.82) is 0 Å². The number of nitrogens with zero attached hydrogens (tertiary/aromatic N) is 1. The van der Waals surface area contributed by atoms with Crippen LogP contribution in [0.25, 0.3) is 0 Å². The number of carbonyl (C=O) groups excluding carboxylic acids is 2. The van der Waals surface area contributed by atoms with Crippen molar-refractivity contribution >= 4 is 34.8 Å². The van der Waals surface area contributed by atoms with Crippen LogP contribution < -0.4 is 10.6 Å². The molecule has 1 heterocycles. The highest BCUT2D eigenvalue weighted by molar-refractivity contribution is 6.33. The topological polar surface area (TPSA) is 63.4 Å². The molecule has 2 aromatic rings. The third-order valence-corrected chi connectivity index (χ3v) is 3.62. The summed E-state index contributed by atoms with van der Waals surface area (Å²) >= 11 is 5.86. The number of hydrogen-bond acceptors (Lipinski definition) is 3. The Morgan fingerprint density at radius 2 is 1.85 bits per heavy atom. The molecule has 0 bridgehead atoms. The summed E-state index contributed by atoms with van der Waals surface area (Å²) in [5.74, 6) is -0.603. The van der Waals surface area contributed by atoms with Crippen LogP contribution in [0.15, 0.2) is 42.5 Å². The lowest BCUT2D eigenvalue weighted by Crippen LogP contribution is -2.42. The molecule has 0 aliphatic carbocycles. The summed E-state index contributed by atoms with van der Waals surface area (Å²) in [6, 6.07) is 11.8. The number of fused-ring (bicyclic) bond motifs is 1. The van der Waals surface area contributed by atoms with E-state index in [1.807, 2.05) is 6.07 Å². The van der Waals surface area contributed by atoms with Crippen LogP contribution in [0, 0.1) is 0 Å². The Labute approximate surface area is 120 Å². The zero-order valence-corrected chi connectivity index (χ0v) is 11.2. The fraction of sp³-hybridized carbons (Fsp3) is 0.0667. The number of rotatable bonds is 1. The van der Waals surface area contributed by atoms with Gasteiger partial charge in [-0.15, -0.1) is 0 Å². The van der Waals surface area contributed by atoms with E-state index in [4.69, 9.17) is 17.3 Å². The van der Waals surface area contributed by atoms with Crippen LogP contribution in [-0.4, -0.2) is 11.8 Å². The van der Waals surface area contributed by atoms with Crippen LogP contribution in [0.1, 0.15) is 15.9 Å². The first kappa shape index (κ1) is 12.7. The molecule has 0 atom stereocenters. The van der Waals surface area contributed by atoms with E-state index in [0.29, 0.717) is 22.0 Å². The maximum Gasteiger partial charge on any atom is 0.265 e. The number of carbonyl (C=O) groups is 2. The molecule has 0 spiro atoms. The van der Waals surface area contributed by atoms with Crippen LogP contribution in [-0.2, 0) is 11.2 Å². The van der Waals surface area contributed by atoms with Gasteiger partial charge in [-0.1, -0.05) is 29.8 Å². The molecule has 2 N–H and O–H groups in total. The number of benzene rings is 2. The Morgan fingerprint density at radius 3 is 2.60 bits per heavy atom. The standard InChI is InChI=1S/C15H11ClN2O2/c16-12-6-5-10(8-13(12)17)18-14(19)7-9-3-1-2-4-11(9)15(18)20/h1-6,8H,7,17H2. The summed E-state index contributed by atoms with van der Waals surface area (Å²) in [7, 11) is 0. The predicted molar refractivity (Wildman–Crippen MR) is 77.8 cm³/mol. The van der Waals surface area contributed by atoms with Gasteiger partial charge in [0.05, 0.1) is 22.8 Å². The van der Waals surface area contributed by atoms with Gasteiger partial charge in [-0.05, 0) is 29.8 Å². The maximum absolute atomic E-state index is 12.5. The van der Waals surface area contributed by atoms with Crippen LogP contribution in [0.2, 0.25) is 5.02 Å². The normalized spacial score (nSPS) is 14.3. The summed E-state index contributed by atoms with van der Waals surface area (Å²) < 4.78 is 0. The molecule has 20 heavy (non-hydrogen) atoms. The zero-order chi connectivity index (χ0) is 14.3. The molecule has 3 rings (SSSR count).